The summed E-state index contributed by atoms with van der Waals surface area (Å²) in [6, 6.07) is 0.470. The molecule has 3 aliphatic rings. The van der Waals surface area contributed by atoms with E-state index in [0.717, 1.165) is 45.6 Å². The summed E-state index contributed by atoms with van der Waals surface area (Å²) in [5.74, 6) is 0.238. The first-order chi connectivity index (χ1) is 11.5. The van der Waals surface area contributed by atoms with Gasteiger partial charge in [-0.15, -0.1) is 0 Å². The highest BCUT2D eigenvalue weighted by Crippen LogP contribution is 2.27. The van der Waals surface area contributed by atoms with Crippen LogP contribution in [-0.2, 0) is 14.3 Å². The predicted octanol–water partition coefficient (Wildman–Crippen LogP) is -0.136. The number of hydrogen-bond acceptors (Lipinski definition) is 5. The molecule has 3 aliphatic heterocycles. The second-order valence-electron chi connectivity index (χ2n) is 7.47. The monoisotopic (exact) mass is 338 g/mol. The van der Waals surface area contributed by atoms with E-state index in [1.807, 2.05) is 0 Å². The number of likely N-dealkylation sites (N-methyl/N-ethyl adjacent to an activating group) is 1. The average Bonchev–Trinajstić information content (AvgIpc) is 3.03. The first-order valence-electron chi connectivity index (χ1n) is 9.07. The van der Waals surface area contributed by atoms with Gasteiger partial charge in [-0.3, -0.25) is 19.4 Å². The summed E-state index contributed by atoms with van der Waals surface area (Å²) in [5, 5.41) is 3.12. The zero-order valence-electron chi connectivity index (χ0n) is 15.0. The highest BCUT2D eigenvalue weighted by molar-refractivity contribution is 5.82. The van der Waals surface area contributed by atoms with E-state index in [4.69, 9.17) is 4.74 Å². The second kappa shape index (κ2) is 7.37. The van der Waals surface area contributed by atoms with Gasteiger partial charge in [0.2, 0.25) is 11.8 Å². The van der Waals surface area contributed by atoms with Crippen LogP contribution in [0.5, 0.6) is 0 Å². The molecule has 0 aliphatic carbocycles. The smallest absolute Gasteiger partial charge is 0.239 e. The van der Waals surface area contributed by atoms with Crippen LogP contribution in [0.1, 0.15) is 32.6 Å². The third kappa shape index (κ3) is 3.58. The van der Waals surface area contributed by atoms with E-state index in [9.17, 15) is 9.59 Å². The fourth-order valence-corrected chi connectivity index (χ4v) is 4.34. The minimum Gasteiger partial charge on any atom is -0.379 e. The Balaban J connectivity index is 1.71. The van der Waals surface area contributed by atoms with E-state index >= 15 is 0 Å². The van der Waals surface area contributed by atoms with Crippen molar-refractivity contribution in [3.63, 3.8) is 0 Å². The molecule has 0 bridgehead atoms. The molecule has 2 amide bonds. The van der Waals surface area contributed by atoms with Gasteiger partial charge in [-0.1, -0.05) is 0 Å². The van der Waals surface area contributed by atoms with E-state index in [0.29, 0.717) is 12.5 Å². The van der Waals surface area contributed by atoms with E-state index < -0.39 is 0 Å². The molecule has 0 radical (unpaired) electrons. The molecule has 3 fully saturated rings. The lowest BCUT2D eigenvalue weighted by Crippen LogP contribution is -2.61. The first-order valence-corrected chi connectivity index (χ1v) is 9.07. The quantitative estimate of drug-likeness (QED) is 0.776. The van der Waals surface area contributed by atoms with Crippen molar-refractivity contribution < 1.29 is 14.3 Å². The van der Waals surface area contributed by atoms with Gasteiger partial charge in [-0.05, 0) is 26.2 Å². The van der Waals surface area contributed by atoms with Crippen LogP contribution >= 0.6 is 0 Å². The summed E-state index contributed by atoms with van der Waals surface area (Å²) in [6.45, 7) is 5.38. The maximum Gasteiger partial charge on any atom is 0.239 e. The van der Waals surface area contributed by atoms with Crippen LogP contribution in [0.4, 0.5) is 0 Å². The highest BCUT2D eigenvalue weighted by Gasteiger charge is 2.41. The number of piperidine rings is 1. The number of nitrogens with one attached hydrogen (secondary N) is 1. The van der Waals surface area contributed by atoms with Crippen molar-refractivity contribution in [3.8, 4) is 0 Å². The average molecular weight is 338 g/mol. The molecule has 3 saturated heterocycles. The Morgan fingerprint density at radius 1 is 1.29 bits per heavy atom. The Kier molecular flexibility index (Phi) is 5.42. The molecule has 24 heavy (non-hydrogen) atoms. The molecule has 0 aromatic rings. The molecule has 3 unspecified atom stereocenters. The minimum atomic E-state index is -0.105. The van der Waals surface area contributed by atoms with E-state index in [-0.39, 0.29) is 30.1 Å². The summed E-state index contributed by atoms with van der Waals surface area (Å²) in [6.07, 6.45) is 3.27. The maximum absolute atomic E-state index is 12.5. The zero-order chi connectivity index (χ0) is 17.3. The van der Waals surface area contributed by atoms with E-state index in [1.54, 1.807) is 19.0 Å². The molecular weight excluding hydrogens is 308 g/mol. The Bertz CT molecular complexity index is 484. The third-order valence-electron chi connectivity index (χ3n) is 5.55. The van der Waals surface area contributed by atoms with Gasteiger partial charge < -0.3 is 15.0 Å². The van der Waals surface area contributed by atoms with Crippen LogP contribution in [0.3, 0.4) is 0 Å². The number of carbonyl (C=O) groups excluding carboxylic acids is 2. The first kappa shape index (κ1) is 17.6. The molecule has 0 spiro atoms. The van der Waals surface area contributed by atoms with E-state index in [2.05, 4.69) is 22.0 Å². The number of carbonyl (C=O) groups is 2. The van der Waals surface area contributed by atoms with Crippen LogP contribution in [0, 0.1) is 0 Å². The second-order valence-corrected chi connectivity index (χ2v) is 7.47. The lowest BCUT2D eigenvalue weighted by Gasteiger charge is -2.45. The molecule has 0 aromatic carbocycles. The summed E-state index contributed by atoms with van der Waals surface area (Å²) >= 11 is 0. The van der Waals surface area contributed by atoms with Gasteiger partial charge in [0.1, 0.15) is 0 Å². The molecule has 3 heterocycles. The zero-order valence-corrected chi connectivity index (χ0v) is 15.0. The van der Waals surface area contributed by atoms with Gasteiger partial charge in [0, 0.05) is 45.7 Å². The fraction of sp³-hybridized carbons (Fsp3) is 0.882. The Labute approximate surface area is 144 Å². The van der Waals surface area contributed by atoms with Crippen LogP contribution in [0.2, 0.25) is 0 Å². The number of morpholine rings is 1. The maximum atomic E-state index is 12.5. The van der Waals surface area contributed by atoms with Gasteiger partial charge in [0.05, 0.1) is 25.4 Å². The van der Waals surface area contributed by atoms with Crippen molar-refractivity contribution in [3.05, 3.63) is 0 Å². The van der Waals surface area contributed by atoms with Gasteiger partial charge in [0.15, 0.2) is 0 Å². The van der Waals surface area contributed by atoms with Crippen molar-refractivity contribution in [1.82, 2.24) is 20.0 Å². The number of amides is 2. The number of likely N-dealkylation sites (tertiary alicyclic amines) is 1. The Morgan fingerprint density at radius 3 is 2.79 bits per heavy atom. The van der Waals surface area contributed by atoms with Gasteiger partial charge in [-0.25, -0.2) is 0 Å². The number of nitrogens with zero attached hydrogens (tertiary/aromatic N) is 3. The Morgan fingerprint density at radius 2 is 2.08 bits per heavy atom. The van der Waals surface area contributed by atoms with Crippen LogP contribution < -0.4 is 5.32 Å². The standard InChI is InChI=1S/C17H30N4O3/c1-12-11-24-8-7-20(12)13-9-15(18-16(22)10-13)21-6-4-5-14(21)17(23)19(2)3/h12-15H,4-11H2,1-3H3,(H,18,22)/t12-,13?,14?,15?/m1/s1. The van der Waals surface area contributed by atoms with Crippen molar-refractivity contribution in [2.45, 2.75) is 56.9 Å². The fourth-order valence-electron chi connectivity index (χ4n) is 4.34. The van der Waals surface area contributed by atoms with Crippen molar-refractivity contribution >= 4 is 11.8 Å². The minimum absolute atomic E-state index is 0.0392. The molecule has 3 rings (SSSR count). The molecule has 7 heteroatoms. The molecule has 136 valence electrons. The summed E-state index contributed by atoms with van der Waals surface area (Å²) in [7, 11) is 3.60. The van der Waals surface area contributed by atoms with Crippen LogP contribution in [0.25, 0.3) is 0 Å². The number of rotatable bonds is 3. The molecule has 7 nitrogen and oxygen atoms in total. The topological polar surface area (TPSA) is 65.1 Å². The van der Waals surface area contributed by atoms with Crippen molar-refractivity contribution in [2.24, 2.45) is 0 Å². The summed E-state index contributed by atoms with van der Waals surface area (Å²) in [5.41, 5.74) is 0. The van der Waals surface area contributed by atoms with Gasteiger partial charge in [-0.2, -0.15) is 0 Å². The van der Waals surface area contributed by atoms with Crippen LogP contribution in [-0.4, -0.2) is 91.2 Å². The largest absolute Gasteiger partial charge is 0.379 e. The van der Waals surface area contributed by atoms with E-state index in [1.165, 1.54) is 0 Å². The molecule has 4 atom stereocenters. The predicted molar refractivity (Wildman–Crippen MR) is 90.4 cm³/mol. The SMILES string of the molecule is C[C@@H]1COCCN1C1CC(=O)NC(N2CCCC2C(=O)N(C)C)C1. The lowest BCUT2D eigenvalue weighted by molar-refractivity contribution is -0.138. The molecular formula is C17H30N4O3. The van der Waals surface area contributed by atoms with Crippen molar-refractivity contribution in [2.75, 3.05) is 40.4 Å². The van der Waals surface area contributed by atoms with Crippen molar-refractivity contribution in [1.29, 1.82) is 0 Å². The van der Waals surface area contributed by atoms with Gasteiger partial charge in [0.25, 0.3) is 0 Å². The van der Waals surface area contributed by atoms with Gasteiger partial charge >= 0.3 is 0 Å². The highest BCUT2D eigenvalue weighted by atomic mass is 16.5. The molecule has 1 N–H and O–H groups in total. The summed E-state index contributed by atoms with van der Waals surface area (Å²) in [4.78, 5) is 31.0. The molecule has 0 aromatic heterocycles. The Hall–Kier alpha value is -1.18. The lowest BCUT2D eigenvalue weighted by atomic mass is 9.98. The molecule has 0 saturated carbocycles. The number of hydrogen-bond donors (Lipinski definition) is 1. The third-order valence-corrected chi connectivity index (χ3v) is 5.55. The number of ether oxygens (including phenoxy) is 1. The van der Waals surface area contributed by atoms with Crippen LogP contribution in [0.15, 0.2) is 0 Å². The normalized spacial score (nSPS) is 35.7. The summed E-state index contributed by atoms with van der Waals surface area (Å²) < 4.78 is 5.53.